The van der Waals surface area contributed by atoms with Crippen LogP contribution in [0.5, 0.6) is 0 Å². The first-order valence-electron chi connectivity index (χ1n) is 7.04. The van der Waals surface area contributed by atoms with Crippen molar-refractivity contribution < 1.29 is 0 Å². The summed E-state index contributed by atoms with van der Waals surface area (Å²) in [6.45, 7) is 2.25. The first kappa shape index (κ1) is 13.4. The molecule has 0 amide bonds. The Morgan fingerprint density at radius 2 is 1.76 bits per heavy atom. The van der Waals surface area contributed by atoms with Crippen molar-refractivity contribution in [3.8, 4) is 0 Å². The smallest absolute Gasteiger partial charge is 0.0387 e. The summed E-state index contributed by atoms with van der Waals surface area (Å²) < 4.78 is 0.726. The van der Waals surface area contributed by atoms with Crippen molar-refractivity contribution in [3.63, 3.8) is 0 Å². The van der Waals surface area contributed by atoms with Crippen molar-refractivity contribution in [1.82, 2.24) is 0 Å². The monoisotopic (exact) mass is 342 g/mol. The average Bonchev–Trinajstić information content (AvgIpc) is 2.40. The van der Waals surface area contributed by atoms with Crippen molar-refractivity contribution in [2.45, 2.75) is 55.8 Å². The Labute approximate surface area is 119 Å². The summed E-state index contributed by atoms with van der Waals surface area (Å²) in [6.07, 6.45) is 9.67. The van der Waals surface area contributed by atoms with Crippen LogP contribution in [0, 0.1) is 5.92 Å². The topological polar surface area (TPSA) is 0 Å². The zero-order chi connectivity index (χ0) is 12.1. The summed E-state index contributed by atoms with van der Waals surface area (Å²) in [5, 5.41) is 0. The van der Waals surface area contributed by atoms with Gasteiger partial charge < -0.3 is 0 Å². The molecule has 1 unspecified atom stereocenters. The van der Waals surface area contributed by atoms with Crippen LogP contribution in [0.4, 0.5) is 0 Å². The van der Waals surface area contributed by atoms with Gasteiger partial charge in [0, 0.05) is 3.92 Å². The molecule has 94 valence electrons. The molecule has 1 aliphatic carbocycles. The standard InChI is InChI=1S/C16H23I/c1-2-6-13-9-11-15(12-10-13)16(17)14-7-4-3-5-8-14/h9-12,14,16H,2-8H2,1H3. The SMILES string of the molecule is CCCc1ccc(C(I)C2CCCCC2)cc1. The Morgan fingerprint density at radius 1 is 1.12 bits per heavy atom. The molecule has 1 atom stereocenters. The Bertz CT molecular complexity index is 322. The zero-order valence-corrected chi connectivity index (χ0v) is 12.9. The summed E-state index contributed by atoms with van der Waals surface area (Å²) in [5.41, 5.74) is 3.03. The summed E-state index contributed by atoms with van der Waals surface area (Å²) in [4.78, 5) is 0. The fourth-order valence-electron chi connectivity index (χ4n) is 2.86. The normalized spacial score (nSPS) is 19.2. The molecule has 0 N–H and O–H groups in total. The van der Waals surface area contributed by atoms with E-state index in [0.29, 0.717) is 0 Å². The molecule has 1 fully saturated rings. The lowest BCUT2D eigenvalue weighted by atomic mass is 9.84. The largest absolute Gasteiger partial charge is 0.0771 e. The van der Waals surface area contributed by atoms with Gasteiger partial charge in [-0.1, -0.05) is 79.5 Å². The highest BCUT2D eigenvalue weighted by molar-refractivity contribution is 14.1. The van der Waals surface area contributed by atoms with Crippen molar-refractivity contribution in [3.05, 3.63) is 35.4 Å². The second-order valence-corrected chi connectivity index (χ2v) is 6.63. The van der Waals surface area contributed by atoms with E-state index in [1.807, 2.05) is 0 Å². The maximum Gasteiger partial charge on any atom is 0.0387 e. The van der Waals surface area contributed by atoms with Gasteiger partial charge in [0.25, 0.3) is 0 Å². The lowest BCUT2D eigenvalue weighted by Crippen LogP contribution is -2.11. The molecule has 0 aliphatic heterocycles. The van der Waals surface area contributed by atoms with Crippen molar-refractivity contribution >= 4 is 22.6 Å². The number of hydrogen-bond acceptors (Lipinski definition) is 0. The van der Waals surface area contributed by atoms with E-state index in [4.69, 9.17) is 0 Å². The molecule has 0 heterocycles. The molecule has 1 saturated carbocycles. The molecule has 1 aromatic carbocycles. The van der Waals surface area contributed by atoms with Crippen molar-refractivity contribution in [2.75, 3.05) is 0 Å². The number of alkyl halides is 1. The minimum Gasteiger partial charge on any atom is -0.0771 e. The van der Waals surface area contributed by atoms with Gasteiger partial charge in [-0.25, -0.2) is 0 Å². The van der Waals surface area contributed by atoms with Crippen LogP contribution in [0.15, 0.2) is 24.3 Å². The van der Waals surface area contributed by atoms with E-state index in [1.54, 1.807) is 0 Å². The summed E-state index contributed by atoms with van der Waals surface area (Å²) in [5.74, 6) is 0.918. The van der Waals surface area contributed by atoms with Crippen LogP contribution in [-0.4, -0.2) is 0 Å². The summed E-state index contributed by atoms with van der Waals surface area (Å²) in [6, 6.07) is 9.37. The van der Waals surface area contributed by atoms with Gasteiger partial charge in [0.05, 0.1) is 0 Å². The third-order valence-electron chi connectivity index (χ3n) is 3.90. The molecular formula is C16H23I. The predicted octanol–water partition coefficient (Wildman–Crippen LogP) is 5.70. The van der Waals surface area contributed by atoms with E-state index in [-0.39, 0.29) is 0 Å². The van der Waals surface area contributed by atoms with Crippen LogP contribution < -0.4 is 0 Å². The molecule has 0 spiro atoms. The quantitative estimate of drug-likeness (QED) is 0.487. The third-order valence-corrected chi connectivity index (χ3v) is 5.64. The molecule has 2 rings (SSSR count). The Balaban J connectivity index is 2.00. The van der Waals surface area contributed by atoms with E-state index >= 15 is 0 Å². The average molecular weight is 342 g/mol. The van der Waals surface area contributed by atoms with Gasteiger partial charge in [-0.15, -0.1) is 0 Å². The van der Waals surface area contributed by atoms with Gasteiger partial charge in [0.2, 0.25) is 0 Å². The molecular weight excluding hydrogens is 319 g/mol. The fraction of sp³-hybridized carbons (Fsp3) is 0.625. The Kier molecular flexibility index (Phi) is 5.33. The fourth-order valence-corrected chi connectivity index (χ4v) is 3.99. The van der Waals surface area contributed by atoms with Crippen molar-refractivity contribution in [2.24, 2.45) is 5.92 Å². The molecule has 1 heteroatoms. The van der Waals surface area contributed by atoms with Gasteiger partial charge in [0.1, 0.15) is 0 Å². The zero-order valence-electron chi connectivity index (χ0n) is 10.8. The first-order valence-corrected chi connectivity index (χ1v) is 8.28. The van der Waals surface area contributed by atoms with Crippen LogP contribution in [0.25, 0.3) is 0 Å². The third kappa shape index (κ3) is 3.70. The van der Waals surface area contributed by atoms with Crippen molar-refractivity contribution in [1.29, 1.82) is 0 Å². The molecule has 17 heavy (non-hydrogen) atoms. The lowest BCUT2D eigenvalue weighted by molar-refractivity contribution is 0.358. The molecule has 0 radical (unpaired) electrons. The number of aryl methyl sites for hydroxylation is 1. The minimum atomic E-state index is 0.726. The lowest BCUT2D eigenvalue weighted by Gasteiger charge is -2.26. The highest BCUT2D eigenvalue weighted by atomic mass is 127. The number of hydrogen-bond donors (Lipinski definition) is 0. The van der Waals surface area contributed by atoms with E-state index in [2.05, 4.69) is 53.8 Å². The predicted molar refractivity (Wildman–Crippen MR) is 83.8 cm³/mol. The summed E-state index contributed by atoms with van der Waals surface area (Å²) in [7, 11) is 0. The Hall–Kier alpha value is -0.0500. The molecule has 1 aromatic rings. The van der Waals surface area contributed by atoms with Crippen LogP contribution in [0.2, 0.25) is 0 Å². The van der Waals surface area contributed by atoms with Crippen LogP contribution >= 0.6 is 22.6 Å². The van der Waals surface area contributed by atoms with Gasteiger partial charge in [-0.2, -0.15) is 0 Å². The second-order valence-electron chi connectivity index (χ2n) is 5.29. The van der Waals surface area contributed by atoms with E-state index in [9.17, 15) is 0 Å². The molecule has 1 aliphatic rings. The maximum atomic E-state index is 2.66. The molecule has 0 saturated heterocycles. The molecule has 0 bridgehead atoms. The molecule has 0 nitrogen and oxygen atoms in total. The van der Waals surface area contributed by atoms with E-state index in [0.717, 1.165) is 9.84 Å². The highest BCUT2D eigenvalue weighted by Gasteiger charge is 2.22. The highest BCUT2D eigenvalue weighted by Crippen LogP contribution is 2.40. The maximum absolute atomic E-state index is 2.66. The van der Waals surface area contributed by atoms with Crippen LogP contribution in [-0.2, 0) is 6.42 Å². The van der Waals surface area contributed by atoms with Gasteiger partial charge in [-0.05, 0) is 36.3 Å². The summed E-state index contributed by atoms with van der Waals surface area (Å²) >= 11 is 2.66. The van der Waals surface area contributed by atoms with E-state index in [1.165, 1.54) is 56.1 Å². The number of rotatable bonds is 4. The second kappa shape index (κ2) is 6.77. The molecule has 0 aromatic heterocycles. The number of benzene rings is 1. The number of halogens is 1. The van der Waals surface area contributed by atoms with Gasteiger partial charge >= 0.3 is 0 Å². The van der Waals surface area contributed by atoms with Gasteiger partial charge in [0.15, 0.2) is 0 Å². The van der Waals surface area contributed by atoms with Crippen LogP contribution in [0.1, 0.15) is 60.5 Å². The Morgan fingerprint density at radius 3 is 2.35 bits per heavy atom. The first-order chi connectivity index (χ1) is 8.31. The van der Waals surface area contributed by atoms with E-state index < -0.39 is 0 Å². The van der Waals surface area contributed by atoms with Crippen LogP contribution in [0.3, 0.4) is 0 Å². The van der Waals surface area contributed by atoms with Gasteiger partial charge in [-0.3, -0.25) is 0 Å². The minimum absolute atomic E-state index is 0.726.